The molecule has 2 aromatic carbocycles. The lowest BCUT2D eigenvalue weighted by Crippen LogP contribution is -2.21. The quantitative estimate of drug-likeness (QED) is 0.273. The summed E-state index contributed by atoms with van der Waals surface area (Å²) < 4.78 is 33.1. The topological polar surface area (TPSA) is 108 Å². The van der Waals surface area contributed by atoms with Crippen molar-refractivity contribution < 1.29 is 18.3 Å². The van der Waals surface area contributed by atoms with E-state index in [0.717, 1.165) is 35.7 Å². The third kappa shape index (κ3) is 6.18. The Kier molecular flexibility index (Phi) is 7.50. The van der Waals surface area contributed by atoms with Crippen LogP contribution in [0.4, 0.5) is 26.1 Å². The molecule has 3 heterocycles. The number of likely N-dealkylation sites (tertiary alicyclic amines) is 1. The summed E-state index contributed by atoms with van der Waals surface area (Å²) in [6.07, 6.45) is 4.90. The van der Waals surface area contributed by atoms with E-state index in [1.807, 2.05) is 18.2 Å². The molecule has 4 aromatic rings. The number of fused-ring (bicyclic) bond motifs is 1. The molecular weight excluding hydrogens is 480 g/mol. The van der Waals surface area contributed by atoms with Crippen LogP contribution in [0.15, 0.2) is 48.8 Å². The summed E-state index contributed by atoms with van der Waals surface area (Å²) >= 11 is 0. The second-order valence-electron chi connectivity index (χ2n) is 8.88. The van der Waals surface area contributed by atoms with Crippen LogP contribution in [-0.4, -0.2) is 57.2 Å². The van der Waals surface area contributed by atoms with Crippen LogP contribution in [0.3, 0.4) is 0 Å². The zero-order chi connectivity index (χ0) is 25.6. The lowest BCUT2D eigenvalue weighted by Gasteiger charge is -2.14. The number of aromatic amines is 1. The minimum Gasteiger partial charge on any atom is -0.493 e. The molecule has 0 spiro atoms. The molecule has 0 saturated carbocycles. The van der Waals surface area contributed by atoms with Crippen molar-refractivity contribution in [3.63, 3.8) is 0 Å². The van der Waals surface area contributed by atoms with Gasteiger partial charge in [-0.25, -0.2) is 18.7 Å². The number of amides is 1. The number of nitrogens with one attached hydrogen (secondary N) is 3. The zero-order valence-corrected chi connectivity index (χ0v) is 20.1. The second-order valence-corrected chi connectivity index (χ2v) is 8.88. The molecule has 192 valence electrons. The Bertz CT molecular complexity index is 1390. The molecule has 0 atom stereocenters. The van der Waals surface area contributed by atoms with Crippen molar-refractivity contribution in [1.29, 1.82) is 0 Å². The Balaban J connectivity index is 1.18. The number of anilines is 3. The van der Waals surface area contributed by atoms with E-state index in [2.05, 4.69) is 35.7 Å². The number of aromatic nitrogens is 4. The number of hydrogen-bond acceptors (Lipinski definition) is 7. The maximum Gasteiger partial charge on any atom is 0.230 e. The highest BCUT2D eigenvalue weighted by Crippen LogP contribution is 2.26. The van der Waals surface area contributed by atoms with Crippen molar-refractivity contribution in [3.8, 4) is 5.75 Å². The molecule has 1 amide bonds. The third-order valence-corrected chi connectivity index (χ3v) is 6.15. The van der Waals surface area contributed by atoms with Crippen molar-refractivity contribution in [2.45, 2.75) is 25.7 Å². The van der Waals surface area contributed by atoms with Crippen LogP contribution in [0.25, 0.3) is 10.9 Å². The fourth-order valence-corrected chi connectivity index (χ4v) is 4.32. The van der Waals surface area contributed by atoms with Crippen LogP contribution in [-0.2, 0) is 11.2 Å². The summed E-state index contributed by atoms with van der Waals surface area (Å²) in [6, 6.07) is 10.9. The molecule has 0 radical (unpaired) electrons. The number of H-pyrrole nitrogens is 1. The second kappa shape index (κ2) is 11.3. The van der Waals surface area contributed by atoms with Gasteiger partial charge in [0.25, 0.3) is 0 Å². The fourth-order valence-electron chi connectivity index (χ4n) is 4.32. The normalized spacial score (nSPS) is 13.7. The van der Waals surface area contributed by atoms with Crippen molar-refractivity contribution in [3.05, 3.63) is 66.1 Å². The molecule has 0 bridgehead atoms. The van der Waals surface area contributed by atoms with E-state index in [4.69, 9.17) is 4.74 Å². The van der Waals surface area contributed by atoms with Gasteiger partial charge in [-0.1, -0.05) is 6.07 Å². The van der Waals surface area contributed by atoms with Crippen LogP contribution in [0.1, 0.15) is 25.0 Å². The number of benzene rings is 2. The van der Waals surface area contributed by atoms with Crippen LogP contribution in [0.5, 0.6) is 5.75 Å². The maximum absolute atomic E-state index is 13.8. The zero-order valence-electron chi connectivity index (χ0n) is 20.1. The molecule has 0 unspecified atom stereocenters. The summed E-state index contributed by atoms with van der Waals surface area (Å²) in [5.41, 5.74) is 0.992. The number of carbonyl (C=O) groups excluding carboxylic acids is 1. The summed E-state index contributed by atoms with van der Waals surface area (Å²) in [5.74, 6) is -0.897. The lowest BCUT2D eigenvalue weighted by atomic mass is 10.2. The molecule has 1 saturated heterocycles. The van der Waals surface area contributed by atoms with Gasteiger partial charge in [0.2, 0.25) is 5.91 Å². The van der Waals surface area contributed by atoms with Gasteiger partial charge < -0.3 is 20.3 Å². The SMILES string of the molecule is O=C(Cc1cc(Nc2ncnc3cc(OCCCN4CCCC4)ccc23)n[nH]1)Nc1cccc(F)c1F. The predicted molar refractivity (Wildman–Crippen MR) is 136 cm³/mol. The molecule has 1 aliphatic heterocycles. The van der Waals surface area contributed by atoms with Gasteiger partial charge >= 0.3 is 0 Å². The highest BCUT2D eigenvalue weighted by atomic mass is 19.2. The molecule has 3 N–H and O–H groups in total. The predicted octanol–water partition coefficient (Wildman–Crippen LogP) is 4.42. The van der Waals surface area contributed by atoms with Crippen molar-refractivity contribution in [2.75, 3.05) is 36.9 Å². The van der Waals surface area contributed by atoms with E-state index in [1.54, 1.807) is 6.07 Å². The Hall–Kier alpha value is -4.12. The largest absolute Gasteiger partial charge is 0.493 e. The van der Waals surface area contributed by atoms with Crippen LogP contribution in [0, 0.1) is 11.6 Å². The van der Waals surface area contributed by atoms with E-state index in [9.17, 15) is 13.6 Å². The van der Waals surface area contributed by atoms with Crippen LogP contribution >= 0.6 is 0 Å². The minimum atomic E-state index is -1.10. The first kappa shape index (κ1) is 24.6. The summed E-state index contributed by atoms with van der Waals surface area (Å²) in [7, 11) is 0. The number of nitrogens with zero attached hydrogens (tertiary/aromatic N) is 4. The summed E-state index contributed by atoms with van der Waals surface area (Å²) in [5, 5.41) is 13.2. The van der Waals surface area contributed by atoms with Gasteiger partial charge in [-0.2, -0.15) is 5.10 Å². The molecule has 1 fully saturated rings. The number of ether oxygens (including phenoxy) is 1. The average Bonchev–Trinajstić information content (AvgIpc) is 3.57. The van der Waals surface area contributed by atoms with Gasteiger partial charge in [0, 0.05) is 29.8 Å². The molecule has 37 heavy (non-hydrogen) atoms. The highest BCUT2D eigenvalue weighted by Gasteiger charge is 2.14. The van der Waals surface area contributed by atoms with E-state index in [-0.39, 0.29) is 12.1 Å². The Morgan fingerprint density at radius 3 is 2.84 bits per heavy atom. The number of carbonyl (C=O) groups is 1. The van der Waals surface area contributed by atoms with Gasteiger partial charge in [-0.15, -0.1) is 0 Å². The molecule has 1 aliphatic rings. The Labute approximate surface area is 212 Å². The van der Waals surface area contributed by atoms with Crippen LogP contribution in [0.2, 0.25) is 0 Å². The molecular formula is C26H27F2N7O2. The maximum atomic E-state index is 13.8. The summed E-state index contributed by atoms with van der Waals surface area (Å²) in [6.45, 7) is 4.07. The highest BCUT2D eigenvalue weighted by molar-refractivity contribution is 5.93. The Morgan fingerprint density at radius 2 is 1.97 bits per heavy atom. The summed E-state index contributed by atoms with van der Waals surface area (Å²) in [4.78, 5) is 23.4. The van der Waals surface area contributed by atoms with E-state index in [0.29, 0.717) is 23.9 Å². The molecule has 2 aromatic heterocycles. The van der Waals surface area contributed by atoms with Crippen molar-refractivity contribution in [1.82, 2.24) is 25.1 Å². The van der Waals surface area contributed by atoms with Gasteiger partial charge in [0.1, 0.15) is 17.9 Å². The Morgan fingerprint density at radius 1 is 1.11 bits per heavy atom. The number of halogens is 2. The van der Waals surface area contributed by atoms with E-state index >= 15 is 0 Å². The first-order valence-corrected chi connectivity index (χ1v) is 12.2. The van der Waals surface area contributed by atoms with Gasteiger partial charge in [0.15, 0.2) is 17.5 Å². The van der Waals surface area contributed by atoms with Crippen molar-refractivity contribution >= 4 is 34.1 Å². The third-order valence-electron chi connectivity index (χ3n) is 6.15. The van der Waals surface area contributed by atoms with Gasteiger partial charge in [0.05, 0.1) is 24.2 Å². The first-order chi connectivity index (χ1) is 18.0. The van der Waals surface area contributed by atoms with E-state index in [1.165, 1.54) is 44.4 Å². The van der Waals surface area contributed by atoms with Gasteiger partial charge in [-0.3, -0.25) is 9.89 Å². The standard InChI is InChI=1S/C26H27F2N7O2/c27-20-5-3-6-21(25(20)28)31-24(36)14-17-13-23(34-33-17)32-26-19-8-7-18(15-22(19)29-16-30-26)37-12-4-11-35-9-1-2-10-35/h3,5-8,13,15-16H,1-2,4,9-12,14H2,(H,31,36)(H2,29,30,32,33,34). The number of hydrogen-bond donors (Lipinski definition) is 3. The number of rotatable bonds is 10. The lowest BCUT2D eigenvalue weighted by molar-refractivity contribution is -0.115. The smallest absolute Gasteiger partial charge is 0.230 e. The molecule has 5 rings (SSSR count). The fraction of sp³-hybridized carbons (Fsp3) is 0.308. The molecule has 0 aliphatic carbocycles. The van der Waals surface area contributed by atoms with Gasteiger partial charge in [-0.05, 0) is 56.6 Å². The molecule has 11 heteroatoms. The van der Waals surface area contributed by atoms with Crippen LogP contribution < -0.4 is 15.4 Å². The van der Waals surface area contributed by atoms with E-state index < -0.39 is 17.5 Å². The minimum absolute atomic E-state index is 0.104. The average molecular weight is 508 g/mol. The monoisotopic (exact) mass is 507 g/mol. The molecule has 9 nitrogen and oxygen atoms in total. The van der Waals surface area contributed by atoms with Crippen molar-refractivity contribution in [2.24, 2.45) is 0 Å². The first-order valence-electron chi connectivity index (χ1n) is 12.2.